The van der Waals surface area contributed by atoms with Gasteiger partial charge in [-0.2, -0.15) is 0 Å². The zero-order valence-corrected chi connectivity index (χ0v) is 16.8. The predicted octanol–water partition coefficient (Wildman–Crippen LogP) is 4.00. The molecule has 0 aromatic heterocycles. The molecule has 0 fully saturated rings. The van der Waals surface area contributed by atoms with Crippen LogP contribution >= 0.6 is 7.52 Å². The first kappa shape index (κ1) is 21.7. The van der Waals surface area contributed by atoms with Gasteiger partial charge in [-0.15, -0.1) is 0 Å². The first-order valence-corrected chi connectivity index (χ1v) is 10.4. The van der Waals surface area contributed by atoms with Crippen LogP contribution in [0.15, 0.2) is 18.2 Å². The highest BCUT2D eigenvalue weighted by Crippen LogP contribution is 2.47. The molecular weight excluding hydrogens is 341 g/mol. The molecule has 0 radical (unpaired) electrons. The number of ether oxygens (including phenoxy) is 1. The Morgan fingerprint density at radius 2 is 1.68 bits per heavy atom. The molecule has 0 spiro atoms. The lowest BCUT2D eigenvalue weighted by Gasteiger charge is -2.26. The summed E-state index contributed by atoms with van der Waals surface area (Å²) in [5.41, 5.74) is 1.82. The summed E-state index contributed by atoms with van der Waals surface area (Å²) in [6.45, 7) is 11.5. The lowest BCUT2D eigenvalue weighted by atomic mass is 9.94. The molecule has 0 aliphatic carbocycles. The van der Waals surface area contributed by atoms with E-state index in [1.54, 1.807) is 6.92 Å². The van der Waals surface area contributed by atoms with Crippen molar-refractivity contribution in [1.82, 2.24) is 5.09 Å². The molecule has 0 amide bonds. The molecule has 1 unspecified atom stereocenters. The van der Waals surface area contributed by atoms with E-state index in [1.807, 2.05) is 45.9 Å². The molecule has 0 bridgehead atoms. The molecule has 1 aromatic rings. The number of esters is 1. The number of hydrogen-bond acceptors (Lipinski definition) is 5. The number of benzene rings is 1. The summed E-state index contributed by atoms with van der Waals surface area (Å²) in [6.07, 6.45) is -0.722. The molecule has 0 aliphatic rings. The van der Waals surface area contributed by atoms with Gasteiger partial charge in [0.25, 0.3) is 0 Å². The quantitative estimate of drug-likeness (QED) is 0.504. The van der Waals surface area contributed by atoms with E-state index in [9.17, 15) is 14.5 Å². The largest absolute Gasteiger partial charge is 0.465 e. The third kappa shape index (κ3) is 5.84. The van der Waals surface area contributed by atoms with Gasteiger partial charge in [0.05, 0.1) is 6.61 Å². The number of carbonyl (C=O) groups excluding carboxylic acids is 1. The van der Waals surface area contributed by atoms with Crippen LogP contribution in [0.25, 0.3) is 0 Å². The monoisotopic (exact) mass is 371 g/mol. The summed E-state index contributed by atoms with van der Waals surface area (Å²) >= 11 is 0. The van der Waals surface area contributed by atoms with Crippen LogP contribution in [0.4, 0.5) is 0 Å². The van der Waals surface area contributed by atoms with Gasteiger partial charge in [0.2, 0.25) is 0 Å². The fourth-order valence-corrected chi connectivity index (χ4v) is 3.84. The number of hydrogen-bond donors (Lipinski definition) is 2. The van der Waals surface area contributed by atoms with Gasteiger partial charge in [-0.25, -0.2) is 5.09 Å². The Morgan fingerprint density at radius 3 is 2.08 bits per heavy atom. The Morgan fingerprint density at radius 1 is 1.16 bits per heavy atom. The van der Waals surface area contributed by atoms with Crippen molar-refractivity contribution in [3.63, 3.8) is 0 Å². The van der Waals surface area contributed by atoms with Gasteiger partial charge in [-0.1, -0.05) is 45.9 Å². The maximum absolute atomic E-state index is 13.0. The van der Waals surface area contributed by atoms with E-state index in [2.05, 4.69) is 5.09 Å². The van der Waals surface area contributed by atoms with E-state index in [0.29, 0.717) is 5.75 Å². The van der Waals surface area contributed by atoms with Gasteiger partial charge < -0.3 is 14.4 Å². The minimum atomic E-state index is -3.68. The van der Waals surface area contributed by atoms with E-state index >= 15 is 0 Å². The van der Waals surface area contributed by atoms with E-state index in [-0.39, 0.29) is 18.4 Å². The van der Waals surface area contributed by atoms with Crippen LogP contribution in [-0.4, -0.2) is 30.1 Å². The summed E-state index contributed by atoms with van der Waals surface area (Å²) in [7, 11) is -3.68. The summed E-state index contributed by atoms with van der Waals surface area (Å²) < 4.78 is 23.8. The van der Waals surface area contributed by atoms with Crippen LogP contribution in [-0.2, 0) is 14.1 Å². The molecular formula is C18H30NO5P. The molecule has 142 valence electrons. The molecule has 0 heterocycles. The van der Waals surface area contributed by atoms with Crippen molar-refractivity contribution >= 4 is 13.5 Å². The Hall–Kier alpha value is -1.36. The van der Waals surface area contributed by atoms with Crippen LogP contribution in [0.2, 0.25) is 0 Å². The molecule has 1 rings (SSSR count). The fourth-order valence-electron chi connectivity index (χ4n) is 2.45. The molecule has 25 heavy (non-hydrogen) atoms. The van der Waals surface area contributed by atoms with Crippen molar-refractivity contribution in [3.05, 3.63) is 29.3 Å². The molecule has 2 N–H and O–H groups in total. The van der Waals surface area contributed by atoms with Crippen LogP contribution < -0.4 is 9.61 Å². The highest BCUT2D eigenvalue weighted by atomic mass is 31.2. The van der Waals surface area contributed by atoms with Crippen LogP contribution in [0, 0.1) is 0 Å². The third-order valence-corrected chi connectivity index (χ3v) is 5.41. The first-order chi connectivity index (χ1) is 11.6. The van der Waals surface area contributed by atoms with Crippen molar-refractivity contribution in [1.29, 1.82) is 0 Å². The van der Waals surface area contributed by atoms with Crippen molar-refractivity contribution in [3.8, 4) is 5.75 Å². The standard InChI is InChI=1S/C18H30NO5P/c1-7-23-18(21)14(6)19-25(22,11-20)24-17-15(12(2)3)9-8-10-16(17)13(4)5/h8-10,12-14,20H,7,11H2,1-6H3,(H,19,22)/t14-,25?/m0/s1. The van der Waals surface area contributed by atoms with Crippen molar-refractivity contribution in [2.45, 2.75) is 59.4 Å². The zero-order chi connectivity index (χ0) is 19.2. The van der Waals surface area contributed by atoms with Gasteiger partial charge in [0.15, 0.2) is 0 Å². The zero-order valence-electron chi connectivity index (χ0n) is 15.9. The molecule has 7 heteroatoms. The summed E-state index contributed by atoms with van der Waals surface area (Å²) in [5, 5.41) is 12.3. The average molecular weight is 371 g/mol. The fraction of sp³-hybridized carbons (Fsp3) is 0.611. The first-order valence-electron chi connectivity index (χ1n) is 8.61. The predicted molar refractivity (Wildman–Crippen MR) is 99.2 cm³/mol. The Balaban J connectivity index is 3.19. The number of aliphatic hydroxyl groups excluding tert-OH is 1. The van der Waals surface area contributed by atoms with Crippen molar-refractivity contribution in [2.24, 2.45) is 0 Å². The number of carbonyl (C=O) groups is 1. The van der Waals surface area contributed by atoms with Crippen LogP contribution in [0.5, 0.6) is 5.75 Å². The van der Waals surface area contributed by atoms with Crippen LogP contribution in [0.3, 0.4) is 0 Å². The third-order valence-electron chi connectivity index (χ3n) is 3.78. The molecule has 1 aromatic carbocycles. The Kier molecular flexibility index (Phi) is 8.13. The molecule has 0 saturated heterocycles. The maximum atomic E-state index is 13.0. The maximum Gasteiger partial charge on any atom is 0.342 e. The highest BCUT2D eigenvalue weighted by molar-refractivity contribution is 7.57. The van der Waals surface area contributed by atoms with Crippen molar-refractivity contribution < 1.29 is 23.7 Å². The number of para-hydroxylation sites is 1. The smallest absolute Gasteiger partial charge is 0.342 e. The van der Waals surface area contributed by atoms with E-state index in [4.69, 9.17) is 9.26 Å². The minimum Gasteiger partial charge on any atom is -0.465 e. The molecule has 0 saturated carbocycles. The normalized spacial score (nSPS) is 15.1. The summed E-state index contributed by atoms with van der Waals surface area (Å²) in [5.74, 6) is 0.279. The number of aliphatic hydroxyl groups is 1. The van der Waals surface area contributed by atoms with Gasteiger partial charge in [0, 0.05) is 0 Å². The summed E-state index contributed by atoms with van der Waals surface area (Å²) in [6, 6.07) is 4.92. The lowest BCUT2D eigenvalue weighted by molar-refractivity contribution is -0.144. The lowest BCUT2D eigenvalue weighted by Crippen LogP contribution is -2.35. The number of rotatable bonds is 9. The van der Waals surface area contributed by atoms with E-state index in [1.165, 1.54) is 6.92 Å². The highest BCUT2D eigenvalue weighted by Gasteiger charge is 2.31. The Bertz CT molecular complexity index is 604. The number of nitrogens with one attached hydrogen (secondary N) is 1. The minimum absolute atomic E-state index is 0.156. The molecule has 2 atom stereocenters. The average Bonchev–Trinajstić information content (AvgIpc) is 2.54. The second-order valence-electron chi connectivity index (χ2n) is 6.58. The van der Waals surface area contributed by atoms with E-state index < -0.39 is 25.9 Å². The SMILES string of the molecule is CCOC(=O)[C@H](C)NP(=O)(CO)Oc1c(C(C)C)cccc1C(C)C. The van der Waals surface area contributed by atoms with Gasteiger partial charge in [-0.3, -0.25) is 9.36 Å². The summed E-state index contributed by atoms with van der Waals surface area (Å²) in [4.78, 5) is 11.8. The second kappa shape index (κ2) is 9.37. The molecule has 6 nitrogen and oxygen atoms in total. The van der Waals surface area contributed by atoms with Gasteiger partial charge >= 0.3 is 13.5 Å². The van der Waals surface area contributed by atoms with Crippen LogP contribution in [0.1, 0.15) is 64.5 Å². The second-order valence-corrected chi connectivity index (χ2v) is 8.65. The topological polar surface area (TPSA) is 84.9 Å². The van der Waals surface area contributed by atoms with Gasteiger partial charge in [-0.05, 0) is 36.8 Å². The van der Waals surface area contributed by atoms with E-state index in [0.717, 1.165) is 11.1 Å². The van der Waals surface area contributed by atoms with Crippen molar-refractivity contribution in [2.75, 3.05) is 13.0 Å². The van der Waals surface area contributed by atoms with Gasteiger partial charge in [0.1, 0.15) is 18.1 Å². The molecule has 0 aliphatic heterocycles. The Labute approximate surface area is 150 Å².